The number of aromatic nitrogens is 2. The Morgan fingerprint density at radius 3 is 2.07 bits per heavy atom. The first-order valence-electron chi connectivity index (χ1n) is 8.58. The average molecular weight is 477 g/mol. The molecule has 2 rings (SSSR count). The number of esters is 4. The van der Waals surface area contributed by atoms with Crippen molar-refractivity contribution in [1.82, 2.24) is 9.78 Å². The summed E-state index contributed by atoms with van der Waals surface area (Å²) in [7, 11) is 0. The number of hydrogen-bond donors (Lipinski definition) is 0. The molecule has 0 amide bonds. The fourth-order valence-electron chi connectivity index (χ4n) is 2.92. The largest absolute Gasteiger partial charge is 0.463 e. The molecule has 0 bridgehead atoms. The Labute approximate surface area is 174 Å². The minimum absolute atomic E-state index is 0.295. The van der Waals surface area contributed by atoms with Crippen LogP contribution in [0.2, 0.25) is 0 Å². The van der Waals surface area contributed by atoms with Crippen molar-refractivity contribution in [3.8, 4) is 0 Å². The third-order valence-corrected chi connectivity index (χ3v) is 4.24. The van der Waals surface area contributed by atoms with E-state index in [0.29, 0.717) is 4.47 Å². The highest BCUT2D eigenvalue weighted by Crippen LogP contribution is 2.35. The van der Waals surface area contributed by atoms with Crippen LogP contribution in [-0.4, -0.2) is 64.9 Å². The molecule has 0 radical (unpaired) electrons. The third-order valence-electron chi connectivity index (χ3n) is 3.83. The summed E-state index contributed by atoms with van der Waals surface area (Å²) in [4.78, 5) is 46.3. The van der Waals surface area contributed by atoms with Crippen LogP contribution in [0.25, 0.3) is 0 Å². The highest BCUT2D eigenvalue weighted by molar-refractivity contribution is 9.10. The van der Waals surface area contributed by atoms with E-state index in [1.807, 2.05) is 0 Å². The molecular formula is C17H21BrN2O9. The summed E-state index contributed by atoms with van der Waals surface area (Å²) in [6.45, 7) is 4.44. The van der Waals surface area contributed by atoms with Crippen molar-refractivity contribution >= 4 is 39.8 Å². The Bertz CT molecular complexity index is 781. The quantitative estimate of drug-likeness (QED) is 0.430. The Balaban J connectivity index is 2.52. The molecule has 2 heterocycles. The first-order valence-corrected chi connectivity index (χ1v) is 9.38. The number of hydrogen-bond acceptors (Lipinski definition) is 10. The first kappa shape index (κ1) is 22.8. The summed E-state index contributed by atoms with van der Waals surface area (Å²) < 4.78 is 28.7. The average Bonchev–Trinajstić information content (AvgIpc) is 3.00. The zero-order valence-corrected chi connectivity index (χ0v) is 17.8. The van der Waals surface area contributed by atoms with E-state index in [-0.39, 0.29) is 6.61 Å². The molecule has 1 saturated heterocycles. The predicted molar refractivity (Wildman–Crippen MR) is 97.1 cm³/mol. The number of rotatable bonds is 6. The summed E-state index contributed by atoms with van der Waals surface area (Å²) in [5, 5.41) is 4.18. The van der Waals surface area contributed by atoms with Gasteiger partial charge in [-0.05, 0) is 15.9 Å². The van der Waals surface area contributed by atoms with Crippen molar-refractivity contribution in [2.45, 2.75) is 58.3 Å². The van der Waals surface area contributed by atoms with E-state index in [4.69, 9.17) is 23.7 Å². The second-order valence-electron chi connectivity index (χ2n) is 6.23. The lowest BCUT2D eigenvalue weighted by Crippen LogP contribution is -2.59. The molecule has 0 N–H and O–H groups in total. The maximum Gasteiger partial charge on any atom is 0.305 e. The lowest BCUT2D eigenvalue weighted by atomic mass is 9.95. The van der Waals surface area contributed by atoms with Gasteiger partial charge in [-0.3, -0.25) is 23.9 Å². The van der Waals surface area contributed by atoms with Crippen molar-refractivity contribution in [2.75, 3.05) is 6.61 Å². The van der Waals surface area contributed by atoms with Crippen LogP contribution < -0.4 is 0 Å². The van der Waals surface area contributed by atoms with Crippen molar-refractivity contribution in [3.05, 3.63) is 16.9 Å². The Kier molecular flexibility index (Phi) is 7.73. The van der Waals surface area contributed by atoms with Gasteiger partial charge in [0.1, 0.15) is 18.8 Å². The van der Waals surface area contributed by atoms with Gasteiger partial charge in [0, 0.05) is 33.9 Å². The SMILES string of the molecule is CC(=O)OC[C@H]1O[C@@H](OC(C)=O)[C@H](OC(C)=O)[C@@H](n2cc(Br)cn2)[C@H]1OC(C)=O. The lowest BCUT2D eigenvalue weighted by Gasteiger charge is -2.44. The first-order chi connectivity index (χ1) is 13.6. The van der Waals surface area contributed by atoms with Gasteiger partial charge in [0.15, 0.2) is 12.2 Å². The fourth-order valence-corrected chi connectivity index (χ4v) is 3.22. The standard InChI is InChI=1S/C17H21BrN2O9/c1-8(21)25-7-13-15(26-9(2)22)14(20-6-12(18)5-19-20)16(27-10(3)23)17(29-13)28-11(4)24/h5-6,13-17H,7H2,1-4H3/t13-,14+,15+,16-,17-/m1/s1. The highest BCUT2D eigenvalue weighted by Gasteiger charge is 2.53. The van der Waals surface area contributed by atoms with Crippen LogP contribution in [0.15, 0.2) is 16.9 Å². The predicted octanol–water partition coefficient (Wildman–Crippen LogP) is 0.901. The molecule has 12 heteroatoms. The molecule has 0 aliphatic carbocycles. The summed E-state index contributed by atoms with van der Waals surface area (Å²) in [5.74, 6) is -2.59. The van der Waals surface area contributed by atoms with Gasteiger partial charge in [-0.2, -0.15) is 5.10 Å². The number of halogens is 1. The molecule has 29 heavy (non-hydrogen) atoms. The van der Waals surface area contributed by atoms with Gasteiger partial charge in [-0.15, -0.1) is 0 Å². The van der Waals surface area contributed by atoms with E-state index >= 15 is 0 Å². The molecule has 0 unspecified atom stereocenters. The van der Waals surface area contributed by atoms with Crippen LogP contribution >= 0.6 is 15.9 Å². The molecule has 5 atom stereocenters. The second kappa shape index (κ2) is 9.83. The Hall–Kier alpha value is -2.47. The molecule has 1 aromatic heterocycles. The van der Waals surface area contributed by atoms with Crippen LogP contribution in [0.4, 0.5) is 0 Å². The summed E-state index contributed by atoms with van der Waals surface area (Å²) in [6, 6.07) is -0.937. The van der Waals surface area contributed by atoms with Crippen LogP contribution in [0.3, 0.4) is 0 Å². The van der Waals surface area contributed by atoms with Gasteiger partial charge in [0.2, 0.25) is 6.29 Å². The van der Waals surface area contributed by atoms with Crippen LogP contribution in [-0.2, 0) is 42.9 Å². The van der Waals surface area contributed by atoms with E-state index in [0.717, 1.165) is 6.92 Å². The second-order valence-corrected chi connectivity index (χ2v) is 7.15. The minimum atomic E-state index is -1.35. The van der Waals surface area contributed by atoms with Gasteiger partial charge >= 0.3 is 23.9 Å². The molecule has 1 fully saturated rings. The maximum atomic E-state index is 11.7. The zero-order valence-electron chi connectivity index (χ0n) is 16.2. The van der Waals surface area contributed by atoms with Gasteiger partial charge in [-0.1, -0.05) is 0 Å². The van der Waals surface area contributed by atoms with E-state index in [1.54, 1.807) is 6.20 Å². The van der Waals surface area contributed by atoms with Gasteiger partial charge in [0.25, 0.3) is 0 Å². The fraction of sp³-hybridized carbons (Fsp3) is 0.588. The zero-order chi connectivity index (χ0) is 21.7. The maximum absolute atomic E-state index is 11.7. The number of nitrogens with zero attached hydrogens (tertiary/aromatic N) is 2. The molecule has 160 valence electrons. The van der Waals surface area contributed by atoms with Crippen LogP contribution in [0.1, 0.15) is 33.7 Å². The molecule has 1 aliphatic rings. The van der Waals surface area contributed by atoms with Crippen LogP contribution in [0.5, 0.6) is 0 Å². The van der Waals surface area contributed by atoms with Crippen molar-refractivity contribution in [3.63, 3.8) is 0 Å². The molecule has 0 saturated carbocycles. The molecule has 0 spiro atoms. The third kappa shape index (κ3) is 6.26. The Morgan fingerprint density at radius 2 is 1.59 bits per heavy atom. The molecule has 0 aromatic carbocycles. The van der Waals surface area contributed by atoms with Crippen LogP contribution in [0, 0.1) is 0 Å². The van der Waals surface area contributed by atoms with E-state index in [2.05, 4.69) is 21.0 Å². The van der Waals surface area contributed by atoms with Crippen molar-refractivity contribution in [1.29, 1.82) is 0 Å². The van der Waals surface area contributed by atoms with Crippen molar-refractivity contribution in [2.24, 2.45) is 0 Å². The van der Waals surface area contributed by atoms with E-state index in [1.165, 1.54) is 31.6 Å². The molecule has 11 nitrogen and oxygen atoms in total. The minimum Gasteiger partial charge on any atom is -0.463 e. The van der Waals surface area contributed by atoms with E-state index in [9.17, 15) is 19.2 Å². The topological polar surface area (TPSA) is 132 Å². The summed E-state index contributed by atoms with van der Waals surface area (Å²) >= 11 is 3.28. The normalized spacial score (nSPS) is 26.3. The van der Waals surface area contributed by atoms with Gasteiger partial charge in [-0.25, -0.2) is 0 Å². The van der Waals surface area contributed by atoms with Crippen molar-refractivity contribution < 1.29 is 42.9 Å². The number of carbonyl (C=O) groups is 4. The monoisotopic (exact) mass is 476 g/mol. The van der Waals surface area contributed by atoms with E-state index < -0.39 is 54.5 Å². The molecule has 1 aliphatic heterocycles. The number of carbonyl (C=O) groups excluding carboxylic acids is 4. The van der Waals surface area contributed by atoms with Gasteiger partial charge in [0.05, 0.1) is 10.7 Å². The lowest BCUT2D eigenvalue weighted by molar-refractivity contribution is -0.285. The molecule has 1 aromatic rings. The smallest absolute Gasteiger partial charge is 0.305 e. The Morgan fingerprint density at radius 1 is 1.00 bits per heavy atom. The number of ether oxygens (including phenoxy) is 5. The summed E-state index contributed by atoms with van der Waals surface area (Å²) in [6.07, 6.45) is -1.59. The highest BCUT2D eigenvalue weighted by atomic mass is 79.9. The molecular weight excluding hydrogens is 456 g/mol. The van der Waals surface area contributed by atoms with Gasteiger partial charge < -0.3 is 23.7 Å². The summed E-state index contributed by atoms with van der Waals surface area (Å²) in [5.41, 5.74) is 0.